The number of ether oxygens (including phenoxy) is 4. The van der Waals surface area contributed by atoms with Crippen LogP contribution >= 0.6 is 0 Å². The lowest BCUT2D eigenvalue weighted by Gasteiger charge is -2.12. The van der Waals surface area contributed by atoms with Gasteiger partial charge >= 0.3 is 0 Å². The van der Waals surface area contributed by atoms with E-state index in [0.29, 0.717) is 50.7 Å². The summed E-state index contributed by atoms with van der Waals surface area (Å²) in [6, 6.07) is 14.4. The number of anilines is 1. The second kappa shape index (κ2) is 8.50. The Morgan fingerprint density at radius 2 is 1.12 bits per heavy atom. The van der Waals surface area contributed by atoms with Gasteiger partial charge in [0.2, 0.25) is 0 Å². The lowest BCUT2D eigenvalue weighted by molar-refractivity contribution is 0.394. The quantitative estimate of drug-likeness (QED) is 0.475. The number of aromatic nitrogens is 2. The van der Waals surface area contributed by atoms with Crippen molar-refractivity contribution < 1.29 is 18.9 Å². The van der Waals surface area contributed by atoms with Gasteiger partial charge in [0.05, 0.1) is 28.4 Å². The Kier molecular flexibility index (Phi) is 5.59. The molecule has 4 rings (SSSR count). The van der Waals surface area contributed by atoms with Crippen molar-refractivity contribution in [2.45, 2.75) is 0 Å². The minimum Gasteiger partial charge on any atom is -0.497 e. The molecule has 0 atom stereocenters. The standard InChI is InChI=1S/C24H23N3O5/c1-29-16-5-13(6-17(11-16)30-2)20-9-15-10-21(24(28)27-23(15)26-22(20)25)14-7-18(31-3)12-19(8-14)32-4/h5-12H,1-4H3,(H3,25,26,27,28). The van der Waals surface area contributed by atoms with E-state index < -0.39 is 0 Å². The average Bonchev–Trinajstić information content (AvgIpc) is 2.82. The van der Waals surface area contributed by atoms with Gasteiger partial charge in [0, 0.05) is 28.6 Å². The molecule has 2 aromatic carbocycles. The maximum atomic E-state index is 12.8. The van der Waals surface area contributed by atoms with Gasteiger partial charge < -0.3 is 29.7 Å². The van der Waals surface area contributed by atoms with Gasteiger partial charge in [-0.15, -0.1) is 0 Å². The van der Waals surface area contributed by atoms with Crippen LogP contribution in [0, 0.1) is 0 Å². The molecule has 0 spiro atoms. The molecule has 32 heavy (non-hydrogen) atoms. The summed E-state index contributed by atoms with van der Waals surface area (Å²) in [5, 5.41) is 0.715. The number of H-pyrrole nitrogens is 1. The summed E-state index contributed by atoms with van der Waals surface area (Å²) in [7, 11) is 6.29. The second-order valence-electron chi connectivity index (χ2n) is 7.07. The number of aromatic amines is 1. The van der Waals surface area contributed by atoms with Crippen LogP contribution in [-0.4, -0.2) is 38.4 Å². The third kappa shape index (κ3) is 3.90. The molecule has 0 fully saturated rings. The predicted octanol–water partition coefficient (Wildman–Crippen LogP) is 3.87. The van der Waals surface area contributed by atoms with Crippen LogP contribution in [0.3, 0.4) is 0 Å². The molecule has 164 valence electrons. The van der Waals surface area contributed by atoms with E-state index in [1.807, 2.05) is 18.2 Å². The highest BCUT2D eigenvalue weighted by molar-refractivity contribution is 5.89. The maximum Gasteiger partial charge on any atom is 0.257 e. The maximum absolute atomic E-state index is 12.8. The Morgan fingerprint density at radius 1 is 0.688 bits per heavy atom. The van der Waals surface area contributed by atoms with Gasteiger partial charge in [-0.2, -0.15) is 0 Å². The topological polar surface area (TPSA) is 109 Å². The molecule has 0 amide bonds. The highest BCUT2D eigenvalue weighted by atomic mass is 16.5. The predicted molar refractivity (Wildman–Crippen MR) is 124 cm³/mol. The van der Waals surface area contributed by atoms with Crippen LogP contribution in [-0.2, 0) is 0 Å². The van der Waals surface area contributed by atoms with Gasteiger partial charge in [-0.3, -0.25) is 4.79 Å². The normalized spacial score (nSPS) is 10.8. The molecule has 0 aliphatic rings. The van der Waals surface area contributed by atoms with Crippen molar-refractivity contribution in [3.05, 3.63) is 58.9 Å². The summed E-state index contributed by atoms with van der Waals surface area (Å²) in [5.41, 5.74) is 8.91. The van der Waals surface area contributed by atoms with Crippen molar-refractivity contribution in [3.8, 4) is 45.3 Å². The molecule has 2 heterocycles. The monoisotopic (exact) mass is 433 g/mol. The molecule has 0 unspecified atom stereocenters. The Bertz CT molecular complexity index is 1320. The third-order valence-electron chi connectivity index (χ3n) is 5.18. The van der Waals surface area contributed by atoms with Crippen LogP contribution in [0.25, 0.3) is 33.3 Å². The fraction of sp³-hybridized carbons (Fsp3) is 0.167. The largest absolute Gasteiger partial charge is 0.497 e. The summed E-state index contributed by atoms with van der Waals surface area (Å²) in [4.78, 5) is 20.1. The number of nitrogen functional groups attached to an aromatic ring is 1. The minimum absolute atomic E-state index is 0.277. The van der Waals surface area contributed by atoms with E-state index in [2.05, 4.69) is 9.97 Å². The van der Waals surface area contributed by atoms with Gasteiger partial charge in [0.15, 0.2) is 0 Å². The van der Waals surface area contributed by atoms with Gasteiger partial charge in [0.25, 0.3) is 5.56 Å². The number of fused-ring (bicyclic) bond motifs is 1. The van der Waals surface area contributed by atoms with Crippen molar-refractivity contribution in [1.82, 2.24) is 9.97 Å². The number of benzene rings is 2. The Hall–Kier alpha value is -4.20. The molecule has 3 N–H and O–H groups in total. The number of hydrogen-bond acceptors (Lipinski definition) is 7. The molecule has 0 radical (unpaired) electrons. The molecule has 0 saturated carbocycles. The van der Waals surface area contributed by atoms with Gasteiger partial charge in [-0.05, 0) is 47.5 Å². The molecule has 8 nitrogen and oxygen atoms in total. The lowest BCUT2D eigenvalue weighted by atomic mass is 10.0. The fourth-order valence-corrected chi connectivity index (χ4v) is 3.52. The van der Waals surface area contributed by atoms with E-state index in [9.17, 15) is 4.79 Å². The zero-order valence-corrected chi connectivity index (χ0v) is 18.2. The number of nitrogens with zero attached hydrogens (tertiary/aromatic N) is 1. The summed E-state index contributed by atoms with van der Waals surface area (Å²) in [6.07, 6.45) is 0. The van der Waals surface area contributed by atoms with Gasteiger partial charge in [-0.1, -0.05) is 0 Å². The molecule has 2 aromatic heterocycles. The minimum atomic E-state index is -0.296. The SMILES string of the molecule is COc1cc(OC)cc(-c2cc3cc(-c4cc(OC)cc(OC)c4)c(=O)[nH]c3nc2N)c1. The first-order valence-electron chi connectivity index (χ1n) is 9.76. The van der Waals surface area contributed by atoms with Crippen molar-refractivity contribution in [1.29, 1.82) is 0 Å². The Balaban J connectivity index is 1.91. The van der Waals surface area contributed by atoms with Crippen molar-refractivity contribution in [3.63, 3.8) is 0 Å². The number of pyridine rings is 2. The summed E-state index contributed by atoms with van der Waals surface area (Å²) < 4.78 is 21.4. The molecule has 0 aliphatic heterocycles. The van der Waals surface area contributed by atoms with E-state index in [1.54, 1.807) is 58.8 Å². The van der Waals surface area contributed by atoms with E-state index in [0.717, 1.165) is 5.56 Å². The van der Waals surface area contributed by atoms with Crippen LogP contribution in [0.5, 0.6) is 23.0 Å². The molecular weight excluding hydrogens is 410 g/mol. The van der Waals surface area contributed by atoms with Crippen molar-refractivity contribution >= 4 is 16.9 Å². The van der Waals surface area contributed by atoms with Gasteiger partial charge in [0.1, 0.15) is 34.5 Å². The van der Waals surface area contributed by atoms with E-state index in [4.69, 9.17) is 24.7 Å². The number of nitrogens with one attached hydrogen (secondary N) is 1. The summed E-state index contributed by atoms with van der Waals surface area (Å²) in [5.74, 6) is 2.70. The van der Waals surface area contributed by atoms with Crippen LogP contribution < -0.4 is 30.2 Å². The molecule has 8 heteroatoms. The lowest BCUT2D eigenvalue weighted by Crippen LogP contribution is -2.10. The molecule has 0 saturated heterocycles. The van der Waals surface area contributed by atoms with Gasteiger partial charge in [-0.25, -0.2) is 4.98 Å². The van der Waals surface area contributed by atoms with E-state index >= 15 is 0 Å². The summed E-state index contributed by atoms with van der Waals surface area (Å²) in [6.45, 7) is 0. The molecule has 4 aromatic rings. The molecule has 0 aliphatic carbocycles. The highest BCUT2D eigenvalue weighted by Gasteiger charge is 2.14. The molecular formula is C24H23N3O5. The zero-order chi connectivity index (χ0) is 22.8. The zero-order valence-electron chi connectivity index (χ0n) is 18.2. The van der Waals surface area contributed by atoms with Crippen LogP contribution in [0.1, 0.15) is 0 Å². The first-order valence-corrected chi connectivity index (χ1v) is 9.76. The first-order chi connectivity index (χ1) is 15.4. The third-order valence-corrected chi connectivity index (χ3v) is 5.18. The Labute approximate surface area is 184 Å². The van der Waals surface area contributed by atoms with E-state index in [-0.39, 0.29) is 11.4 Å². The molecule has 0 bridgehead atoms. The Morgan fingerprint density at radius 3 is 1.59 bits per heavy atom. The second-order valence-corrected chi connectivity index (χ2v) is 7.07. The van der Waals surface area contributed by atoms with Crippen LogP contribution in [0.4, 0.5) is 5.82 Å². The van der Waals surface area contributed by atoms with Crippen LogP contribution in [0.15, 0.2) is 53.3 Å². The van der Waals surface area contributed by atoms with Crippen molar-refractivity contribution in [2.24, 2.45) is 0 Å². The number of methoxy groups -OCH3 is 4. The van der Waals surface area contributed by atoms with Crippen molar-refractivity contribution in [2.75, 3.05) is 34.2 Å². The number of rotatable bonds is 6. The smallest absolute Gasteiger partial charge is 0.257 e. The number of hydrogen-bond donors (Lipinski definition) is 2. The summed E-state index contributed by atoms with van der Waals surface area (Å²) >= 11 is 0. The van der Waals surface area contributed by atoms with Crippen LogP contribution in [0.2, 0.25) is 0 Å². The van der Waals surface area contributed by atoms with E-state index in [1.165, 1.54) is 0 Å². The highest BCUT2D eigenvalue weighted by Crippen LogP contribution is 2.35. The first kappa shape index (κ1) is 21.0. The fourth-order valence-electron chi connectivity index (χ4n) is 3.52. The number of nitrogens with two attached hydrogens (primary N) is 1. The average molecular weight is 433 g/mol.